The number of aromatic nitrogens is 3. The Bertz CT molecular complexity index is 1310. The van der Waals surface area contributed by atoms with Gasteiger partial charge in [0, 0.05) is 5.69 Å². The molecule has 166 valence electrons. The van der Waals surface area contributed by atoms with Crippen molar-refractivity contribution in [1.29, 1.82) is 0 Å². The van der Waals surface area contributed by atoms with Gasteiger partial charge in [-0.25, -0.2) is 4.79 Å². The van der Waals surface area contributed by atoms with Crippen LogP contribution >= 0.6 is 0 Å². The molecule has 0 aliphatic heterocycles. The standard InChI is InChI=1S/C23H20N6O4/c1-14-6-9-17(10-7-14)25-22(32)27-21-26-20(24-13-19(30)31)28-23(29-21)33-18-11-8-15-4-2-3-5-16(15)12-18/h2-12H,13H2,1H3,(H,30,31)(H3,24,25,26,27,28,29,32). The predicted octanol–water partition coefficient (Wildman–Crippen LogP) is 4.27. The molecule has 0 aliphatic rings. The molecule has 10 nitrogen and oxygen atoms in total. The fourth-order valence-electron chi connectivity index (χ4n) is 2.93. The molecular weight excluding hydrogens is 424 g/mol. The van der Waals surface area contributed by atoms with Crippen LogP contribution in [0.15, 0.2) is 66.7 Å². The number of carboxylic acids is 1. The van der Waals surface area contributed by atoms with Crippen molar-refractivity contribution in [2.45, 2.75) is 6.92 Å². The number of rotatable bonds is 7. The first-order valence-corrected chi connectivity index (χ1v) is 9.98. The van der Waals surface area contributed by atoms with Crippen LogP contribution < -0.4 is 20.7 Å². The van der Waals surface area contributed by atoms with E-state index in [4.69, 9.17) is 9.84 Å². The number of aliphatic carboxylic acids is 1. The Balaban J connectivity index is 1.55. The molecule has 0 spiro atoms. The first kappa shape index (κ1) is 21.5. The smallest absolute Gasteiger partial charge is 0.328 e. The second-order valence-electron chi connectivity index (χ2n) is 7.07. The van der Waals surface area contributed by atoms with Gasteiger partial charge >= 0.3 is 18.0 Å². The van der Waals surface area contributed by atoms with Crippen molar-refractivity contribution in [2.75, 3.05) is 22.5 Å². The number of urea groups is 1. The number of hydrogen-bond donors (Lipinski definition) is 4. The SMILES string of the molecule is Cc1ccc(NC(=O)Nc2nc(NCC(=O)O)nc(Oc3ccc4ccccc4c3)n2)cc1. The minimum atomic E-state index is -1.10. The zero-order valence-electron chi connectivity index (χ0n) is 17.6. The van der Waals surface area contributed by atoms with Crippen LogP contribution in [-0.4, -0.2) is 38.6 Å². The van der Waals surface area contributed by atoms with Crippen molar-refractivity contribution in [3.8, 4) is 11.8 Å². The largest absolute Gasteiger partial charge is 0.480 e. The lowest BCUT2D eigenvalue weighted by Gasteiger charge is -2.11. The molecule has 0 atom stereocenters. The Labute approximate surface area is 188 Å². The van der Waals surface area contributed by atoms with Crippen LogP contribution in [0, 0.1) is 6.92 Å². The normalized spacial score (nSPS) is 10.5. The van der Waals surface area contributed by atoms with Crippen molar-refractivity contribution in [3.05, 3.63) is 72.3 Å². The maximum atomic E-state index is 12.4. The van der Waals surface area contributed by atoms with E-state index in [0.29, 0.717) is 11.4 Å². The van der Waals surface area contributed by atoms with Crippen molar-refractivity contribution >= 4 is 40.4 Å². The molecule has 1 aromatic heterocycles. The van der Waals surface area contributed by atoms with Crippen molar-refractivity contribution in [1.82, 2.24) is 15.0 Å². The molecule has 4 rings (SSSR count). The van der Waals surface area contributed by atoms with E-state index >= 15 is 0 Å². The number of nitrogens with one attached hydrogen (secondary N) is 3. The number of aryl methyl sites for hydroxylation is 1. The van der Waals surface area contributed by atoms with Gasteiger partial charge in [-0.05, 0) is 42.0 Å². The maximum absolute atomic E-state index is 12.4. The van der Waals surface area contributed by atoms with Gasteiger partial charge in [-0.1, -0.05) is 48.0 Å². The highest BCUT2D eigenvalue weighted by Crippen LogP contribution is 2.25. The monoisotopic (exact) mass is 444 g/mol. The highest BCUT2D eigenvalue weighted by Gasteiger charge is 2.13. The molecule has 0 unspecified atom stereocenters. The molecule has 0 fully saturated rings. The summed E-state index contributed by atoms with van der Waals surface area (Å²) in [5.41, 5.74) is 1.65. The van der Waals surface area contributed by atoms with Gasteiger partial charge in [-0.15, -0.1) is 0 Å². The summed E-state index contributed by atoms with van der Waals surface area (Å²) in [5.74, 6) is -0.801. The number of anilines is 3. The second-order valence-corrected chi connectivity index (χ2v) is 7.07. The summed E-state index contributed by atoms with van der Waals surface area (Å²) in [6.07, 6.45) is 0. The van der Waals surface area contributed by atoms with Crippen LogP contribution in [0.1, 0.15) is 5.56 Å². The van der Waals surface area contributed by atoms with E-state index < -0.39 is 18.5 Å². The van der Waals surface area contributed by atoms with Gasteiger partial charge < -0.3 is 20.5 Å². The number of carbonyl (C=O) groups excluding carboxylic acids is 1. The summed E-state index contributed by atoms with van der Waals surface area (Å²) < 4.78 is 5.77. The number of hydrogen-bond acceptors (Lipinski definition) is 7. The molecule has 4 aromatic rings. The zero-order chi connectivity index (χ0) is 23.2. The summed E-state index contributed by atoms with van der Waals surface area (Å²) in [4.78, 5) is 35.6. The van der Waals surface area contributed by atoms with Crippen LogP contribution in [0.2, 0.25) is 0 Å². The fraction of sp³-hybridized carbons (Fsp3) is 0.0870. The van der Waals surface area contributed by atoms with Crippen molar-refractivity contribution < 1.29 is 19.4 Å². The fourth-order valence-corrected chi connectivity index (χ4v) is 2.93. The van der Waals surface area contributed by atoms with Gasteiger partial charge in [0.15, 0.2) is 0 Å². The number of ether oxygens (including phenoxy) is 1. The summed E-state index contributed by atoms with van der Waals surface area (Å²) in [6, 6.07) is 19.8. The molecule has 0 radical (unpaired) electrons. The highest BCUT2D eigenvalue weighted by molar-refractivity contribution is 5.98. The number of nitrogens with zero attached hydrogens (tertiary/aromatic N) is 3. The minimum absolute atomic E-state index is 0.0613. The van der Waals surface area contributed by atoms with Gasteiger partial charge in [-0.3, -0.25) is 10.1 Å². The molecule has 10 heteroatoms. The van der Waals surface area contributed by atoms with E-state index in [1.807, 2.05) is 55.5 Å². The average molecular weight is 444 g/mol. The zero-order valence-corrected chi connectivity index (χ0v) is 17.6. The molecule has 33 heavy (non-hydrogen) atoms. The number of fused-ring (bicyclic) bond motifs is 1. The van der Waals surface area contributed by atoms with Gasteiger partial charge in [0.05, 0.1) is 0 Å². The molecule has 3 aromatic carbocycles. The Hall–Kier alpha value is -4.73. The van der Waals surface area contributed by atoms with Gasteiger partial charge in [0.25, 0.3) is 0 Å². The minimum Gasteiger partial charge on any atom is -0.480 e. The summed E-state index contributed by atoms with van der Waals surface area (Å²) in [6.45, 7) is 1.52. The van der Waals surface area contributed by atoms with Gasteiger partial charge in [0.2, 0.25) is 11.9 Å². The highest BCUT2D eigenvalue weighted by atomic mass is 16.5. The lowest BCUT2D eigenvalue weighted by Crippen LogP contribution is -2.22. The summed E-state index contributed by atoms with van der Waals surface area (Å²) in [5, 5.41) is 18.7. The molecule has 2 amide bonds. The first-order valence-electron chi connectivity index (χ1n) is 9.98. The number of carbonyl (C=O) groups is 2. The Morgan fingerprint density at radius 1 is 0.879 bits per heavy atom. The molecule has 1 heterocycles. The lowest BCUT2D eigenvalue weighted by molar-refractivity contribution is -0.134. The van der Waals surface area contributed by atoms with Gasteiger partial charge in [-0.2, -0.15) is 15.0 Å². The van der Waals surface area contributed by atoms with E-state index in [-0.39, 0.29) is 17.9 Å². The average Bonchev–Trinajstić information content (AvgIpc) is 2.79. The number of amides is 2. The maximum Gasteiger partial charge on any atom is 0.328 e. The molecule has 0 bridgehead atoms. The van der Waals surface area contributed by atoms with Crippen LogP contribution in [0.5, 0.6) is 11.8 Å². The summed E-state index contributed by atoms with van der Waals surface area (Å²) >= 11 is 0. The molecule has 0 saturated carbocycles. The quantitative estimate of drug-likeness (QED) is 0.332. The Kier molecular flexibility index (Phi) is 6.26. The molecular formula is C23H20N6O4. The lowest BCUT2D eigenvalue weighted by atomic mass is 10.1. The van der Waals surface area contributed by atoms with Crippen LogP contribution in [0.3, 0.4) is 0 Å². The third-order valence-corrected chi connectivity index (χ3v) is 4.48. The predicted molar refractivity (Wildman–Crippen MR) is 124 cm³/mol. The van der Waals surface area contributed by atoms with E-state index in [1.54, 1.807) is 18.2 Å². The van der Waals surface area contributed by atoms with Crippen LogP contribution in [0.25, 0.3) is 10.8 Å². The third kappa shape index (κ3) is 5.91. The summed E-state index contributed by atoms with van der Waals surface area (Å²) in [7, 11) is 0. The van der Waals surface area contributed by atoms with Crippen LogP contribution in [-0.2, 0) is 4.79 Å². The van der Waals surface area contributed by atoms with E-state index in [0.717, 1.165) is 16.3 Å². The third-order valence-electron chi connectivity index (χ3n) is 4.48. The van der Waals surface area contributed by atoms with E-state index in [2.05, 4.69) is 30.9 Å². The Morgan fingerprint density at radius 3 is 2.36 bits per heavy atom. The Morgan fingerprint density at radius 2 is 1.61 bits per heavy atom. The number of benzene rings is 3. The van der Waals surface area contributed by atoms with Gasteiger partial charge in [0.1, 0.15) is 12.3 Å². The van der Waals surface area contributed by atoms with Crippen LogP contribution in [0.4, 0.5) is 22.4 Å². The molecule has 0 saturated heterocycles. The molecule has 4 N–H and O–H groups in total. The van der Waals surface area contributed by atoms with Crippen molar-refractivity contribution in [2.24, 2.45) is 0 Å². The van der Waals surface area contributed by atoms with E-state index in [9.17, 15) is 9.59 Å². The molecule has 0 aliphatic carbocycles. The second kappa shape index (κ2) is 9.60. The number of carboxylic acid groups (broad SMARTS) is 1. The van der Waals surface area contributed by atoms with E-state index in [1.165, 1.54) is 0 Å². The van der Waals surface area contributed by atoms with Crippen molar-refractivity contribution in [3.63, 3.8) is 0 Å². The first-order chi connectivity index (χ1) is 15.9. The topological polar surface area (TPSA) is 138 Å².